The fourth-order valence-electron chi connectivity index (χ4n) is 1.10. The fourth-order valence-corrected chi connectivity index (χ4v) is 1.31. The summed E-state index contributed by atoms with van der Waals surface area (Å²) in [5.74, 6) is 0. The van der Waals surface area contributed by atoms with E-state index in [9.17, 15) is 5.11 Å². The molecule has 2 N–H and O–H groups in total. The highest BCUT2D eigenvalue weighted by Crippen LogP contribution is 2.07. The lowest BCUT2D eigenvalue weighted by Gasteiger charge is -2.15. The van der Waals surface area contributed by atoms with Crippen LogP contribution in [-0.2, 0) is 11.3 Å². The summed E-state index contributed by atoms with van der Waals surface area (Å²) in [6, 6.07) is 9.79. The molecule has 0 aromatic heterocycles. The van der Waals surface area contributed by atoms with Crippen LogP contribution in [0.2, 0.25) is 0 Å². The minimum Gasteiger partial charge on any atom is -0.395 e. The molecule has 0 aliphatic rings. The number of halogens is 1. The Kier molecular flexibility index (Phi) is 6.16. The van der Waals surface area contributed by atoms with Crippen molar-refractivity contribution in [3.63, 3.8) is 0 Å². The molecule has 3 nitrogen and oxygen atoms in total. The zero-order chi connectivity index (χ0) is 11.1. The van der Waals surface area contributed by atoms with E-state index in [-0.39, 0.29) is 17.1 Å². The van der Waals surface area contributed by atoms with Gasteiger partial charge in [0.2, 0.25) is 0 Å². The number of hydrogen-bond acceptors (Lipinski definition) is 3. The van der Waals surface area contributed by atoms with Gasteiger partial charge in [0.05, 0.1) is 29.8 Å². The maximum absolute atomic E-state index is 9.50. The van der Waals surface area contributed by atoms with Crippen LogP contribution in [0.4, 0.5) is 0 Å². The molecule has 0 aliphatic heterocycles. The molecule has 1 aromatic carbocycles. The molecule has 0 aliphatic carbocycles. The zero-order valence-corrected chi connectivity index (χ0v) is 10.5. The van der Waals surface area contributed by atoms with Gasteiger partial charge in [-0.1, -0.05) is 52.9 Å². The van der Waals surface area contributed by atoms with Crippen LogP contribution in [-0.4, -0.2) is 33.5 Å². The van der Waals surface area contributed by atoms with Crippen molar-refractivity contribution in [2.45, 2.75) is 16.6 Å². The molecular weight excluding hydrogens is 307 g/mol. The van der Waals surface area contributed by atoms with Crippen molar-refractivity contribution in [1.29, 1.82) is 0 Å². The van der Waals surface area contributed by atoms with E-state index in [4.69, 9.17) is 9.84 Å². The summed E-state index contributed by atoms with van der Waals surface area (Å²) in [5.41, 5.74) is 1.08. The van der Waals surface area contributed by atoms with Crippen LogP contribution in [0.25, 0.3) is 0 Å². The van der Waals surface area contributed by atoms with Gasteiger partial charge in [0.1, 0.15) is 0 Å². The number of benzene rings is 1. The van der Waals surface area contributed by atoms with Crippen molar-refractivity contribution in [2.24, 2.45) is 0 Å². The third-order valence-corrected chi connectivity index (χ3v) is 3.22. The van der Waals surface area contributed by atoms with Gasteiger partial charge in [-0.05, 0) is 5.56 Å². The van der Waals surface area contributed by atoms with Crippen molar-refractivity contribution >= 4 is 22.6 Å². The Bertz CT molecular complexity index is 266. The van der Waals surface area contributed by atoms with Crippen molar-refractivity contribution in [3.8, 4) is 0 Å². The van der Waals surface area contributed by atoms with Gasteiger partial charge in [-0.15, -0.1) is 0 Å². The van der Waals surface area contributed by atoms with Gasteiger partial charge < -0.3 is 14.9 Å². The molecule has 1 rings (SSSR count). The second kappa shape index (κ2) is 7.16. The molecule has 15 heavy (non-hydrogen) atoms. The normalized spacial score (nSPS) is 14.9. The summed E-state index contributed by atoms with van der Waals surface area (Å²) in [7, 11) is 0. The van der Waals surface area contributed by atoms with Crippen LogP contribution in [0.5, 0.6) is 0 Å². The summed E-state index contributed by atoms with van der Waals surface area (Å²) < 4.78 is 5.17. The lowest BCUT2D eigenvalue weighted by molar-refractivity contribution is 0.0230. The van der Waals surface area contributed by atoms with Crippen LogP contribution in [0.15, 0.2) is 30.3 Å². The summed E-state index contributed by atoms with van der Waals surface area (Å²) in [5, 5.41) is 18.3. The second-order valence-corrected chi connectivity index (χ2v) is 4.87. The van der Waals surface area contributed by atoms with Gasteiger partial charge in [0.15, 0.2) is 0 Å². The molecule has 0 heterocycles. The third kappa shape index (κ3) is 4.92. The molecule has 1 aromatic rings. The highest BCUT2D eigenvalue weighted by Gasteiger charge is 2.14. The average molecular weight is 322 g/mol. The first-order valence-electron chi connectivity index (χ1n) is 4.78. The van der Waals surface area contributed by atoms with Gasteiger partial charge in [0.25, 0.3) is 0 Å². The standard InChI is InChI=1S/C11H15IO3/c12-10(6-13)11(14)8-15-7-9-4-2-1-3-5-9/h1-5,10-11,13-14H,6-8H2/t10-,11-/m1/s1. The van der Waals surface area contributed by atoms with E-state index in [1.807, 2.05) is 52.9 Å². The largest absolute Gasteiger partial charge is 0.395 e. The molecule has 0 saturated carbocycles. The summed E-state index contributed by atoms with van der Waals surface area (Å²) in [4.78, 5) is 0. The van der Waals surface area contributed by atoms with Crippen molar-refractivity contribution in [3.05, 3.63) is 35.9 Å². The van der Waals surface area contributed by atoms with Crippen molar-refractivity contribution in [1.82, 2.24) is 0 Å². The summed E-state index contributed by atoms with van der Waals surface area (Å²) >= 11 is 2.01. The van der Waals surface area contributed by atoms with Crippen molar-refractivity contribution < 1.29 is 14.9 Å². The highest BCUT2D eigenvalue weighted by molar-refractivity contribution is 14.1. The summed E-state index contributed by atoms with van der Waals surface area (Å²) in [6.07, 6.45) is -0.612. The molecule has 0 unspecified atom stereocenters. The number of ether oxygens (including phenoxy) is 1. The monoisotopic (exact) mass is 322 g/mol. The molecule has 0 saturated heterocycles. The van der Waals surface area contributed by atoms with E-state index in [2.05, 4.69) is 0 Å². The van der Waals surface area contributed by atoms with Crippen LogP contribution >= 0.6 is 22.6 Å². The lowest BCUT2D eigenvalue weighted by atomic mass is 10.2. The van der Waals surface area contributed by atoms with Gasteiger partial charge in [0, 0.05) is 0 Å². The summed E-state index contributed by atoms with van der Waals surface area (Å²) in [6.45, 7) is 0.714. The molecule has 0 bridgehead atoms. The average Bonchev–Trinajstić information content (AvgIpc) is 2.29. The molecule has 0 spiro atoms. The highest BCUT2D eigenvalue weighted by atomic mass is 127. The van der Waals surface area contributed by atoms with Crippen LogP contribution < -0.4 is 0 Å². The molecule has 84 valence electrons. The molecule has 4 heteroatoms. The van der Waals surface area contributed by atoms with Gasteiger partial charge in [-0.2, -0.15) is 0 Å². The molecular formula is C11H15IO3. The zero-order valence-electron chi connectivity index (χ0n) is 8.34. The van der Waals surface area contributed by atoms with E-state index in [0.29, 0.717) is 6.61 Å². The topological polar surface area (TPSA) is 49.7 Å². The molecule has 0 amide bonds. The maximum atomic E-state index is 9.50. The Hall–Kier alpha value is -0.170. The first-order chi connectivity index (χ1) is 7.24. The molecule has 2 atom stereocenters. The Morgan fingerprint density at radius 3 is 2.53 bits per heavy atom. The Morgan fingerprint density at radius 1 is 1.27 bits per heavy atom. The first-order valence-corrected chi connectivity index (χ1v) is 6.03. The number of aliphatic hydroxyl groups is 2. The number of rotatable bonds is 6. The number of aliphatic hydroxyl groups excluding tert-OH is 2. The van der Waals surface area contributed by atoms with Gasteiger partial charge in [-0.25, -0.2) is 0 Å². The fraction of sp³-hybridized carbons (Fsp3) is 0.455. The number of alkyl halides is 1. The van der Waals surface area contributed by atoms with E-state index in [1.165, 1.54) is 0 Å². The first kappa shape index (κ1) is 12.9. The van der Waals surface area contributed by atoms with E-state index in [0.717, 1.165) is 5.56 Å². The van der Waals surface area contributed by atoms with Crippen molar-refractivity contribution in [2.75, 3.05) is 13.2 Å². The third-order valence-electron chi connectivity index (χ3n) is 1.99. The van der Waals surface area contributed by atoms with Gasteiger partial charge in [-0.3, -0.25) is 0 Å². The van der Waals surface area contributed by atoms with Crippen LogP contribution in [0.1, 0.15) is 5.56 Å². The van der Waals surface area contributed by atoms with E-state index >= 15 is 0 Å². The maximum Gasteiger partial charge on any atom is 0.0913 e. The van der Waals surface area contributed by atoms with E-state index < -0.39 is 6.10 Å². The molecule has 0 fully saturated rings. The van der Waals surface area contributed by atoms with Crippen LogP contribution in [0, 0.1) is 0 Å². The Morgan fingerprint density at radius 2 is 1.93 bits per heavy atom. The van der Waals surface area contributed by atoms with Crippen LogP contribution in [0.3, 0.4) is 0 Å². The quantitative estimate of drug-likeness (QED) is 0.614. The Balaban J connectivity index is 2.22. The lowest BCUT2D eigenvalue weighted by Crippen LogP contribution is -2.28. The Labute approximate surface area is 103 Å². The second-order valence-electron chi connectivity index (χ2n) is 3.27. The minimum atomic E-state index is -0.612. The smallest absolute Gasteiger partial charge is 0.0913 e. The van der Waals surface area contributed by atoms with Gasteiger partial charge >= 0.3 is 0 Å². The predicted octanol–water partition coefficient (Wildman–Crippen LogP) is 1.36. The SMILES string of the molecule is OC[C@@H](I)[C@H](O)COCc1ccccc1. The number of hydrogen-bond donors (Lipinski definition) is 2. The van der Waals surface area contributed by atoms with E-state index in [1.54, 1.807) is 0 Å². The molecule has 0 radical (unpaired) electrons. The minimum absolute atomic E-state index is 0.0313. The predicted molar refractivity (Wildman–Crippen MR) is 67.0 cm³/mol.